The molecule has 1 aromatic carbocycles. The predicted molar refractivity (Wildman–Crippen MR) is 53.8 cm³/mol. The molecule has 66 valence electrons. The number of aromatic nitrogens is 1. The normalized spacial score (nSPS) is 10.6. The van der Waals surface area contributed by atoms with E-state index in [-0.39, 0.29) is 5.82 Å². The zero-order valence-corrected chi connectivity index (χ0v) is 8.18. The molecule has 2 nitrogen and oxygen atoms in total. The highest BCUT2D eigenvalue weighted by atomic mass is 79.9. The fourth-order valence-electron chi connectivity index (χ4n) is 1.20. The lowest BCUT2D eigenvalue weighted by molar-refractivity contribution is 0.629. The summed E-state index contributed by atoms with van der Waals surface area (Å²) in [5.74, 6) is 0.144. The third kappa shape index (κ3) is 1.49. The van der Waals surface area contributed by atoms with Crippen LogP contribution in [-0.4, -0.2) is 4.98 Å². The Labute approximate surface area is 82.7 Å². The number of nitrogens with zero attached hydrogens (tertiary/aromatic N) is 1. The maximum Gasteiger partial charge on any atom is 0.125 e. The van der Waals surface area contributed by atoms with Gasteiger partial charge in [-0.1, -0.05) is 6.07 Å². The van der Waals surface area contributed by atoms with E-state index in [9.17, 15) is 4.39 Å². The summed E-state index contributed by atoms with van der Waals surface area (Å²) in [5, 5.41) is 1.61. The quantitative estimate of drug-likeness (QED) is 0.720. The monoisotopic (exact) mass is 240 g/mol. The molecule has 0 saturated heterocycles. The summed E-state index contributed by atoms with van der Waals surface area (Å²) in [6.45, 7) is 0. The van der Waals surface area contributed by atoms with Gasteiger partial charge in [0.25, 0.3) is 0 Å². The first-order chi connectivity index (χ1) is 6.16. The number of halogens is 2. The third-order valence-electron chi connectivity index (χ3n) is 1.77. The number of benzene rings is 1. The van der Waals surface area contributed by atoms with Gasteiger partial charge in [-0.3, -0.25) is 0 Å². The molecular formula is C9H6BrFN2. The SMILES string of the molecule is Nc1cc2ccc(F)cc2c(Br)n1. The van der Waals surface area contributed by atoms with Gasteiger partial charge in [0, 0.05) is 5.39 Å². The lowest BCUT2D eigenvalue weighted by atomic mass is 10.2. The van der Waals surface area contributed by atoms with Crippen molar-refractivity contribution < 1.29 is 4.39 Å². The molecule has 0 unspecified atom stereocenters. The zero-order valence-electron chi connectivity index (χ0n) is 6.59. The van der Waals surface area contributed by atoms with Gasteiger partial charge in [-0.25, -0.2) is 9.37 Å². The van der Waals surface area contributed by atoms with Gasteiger partial charge in [0.2, 0.25) is 0 Å². The summed E-state index contributed by atoms with van der Waals surface area (Å²) >= 11 is 3.22. The summed E-state index contributed by atoms with van der Waals surface area (Å²) in [6.07, 6.45) is 0. The summed E-state index contributed by atoms with van der Waals surface area (Å²) in [4.78, 5) is 3.97. The fraction of sp³-hybridized carbons (Fsp3) is 0. The van der Waals surface area contributed by atoms with Crippen molar-refractivity contribution in [1.82, 2.24) is 4.98 Å². The number of nitrogens with two attached hydrogens (primary N) is 1. The van der Waals surface area contributed by atoms with Crippen LogP contribution in [-0.2, 0) is 0 Å². The molecule has 0 spiro atoms. The predicted octanol–water partition coefficient (Wildman–Crippen LogP) is 2.72. The van der Waals surface area contributed by atoms with Crippen LogP contribution in [0.2, 0.25) is 0 Å². The zero-order chi connectivity index (χ0) is 9.42. The number of hydrogen-bond donors (Lipinski definition) is 1. The van der Waals surface area contributed by atoms with Gasteiger partial charge in [-0.2, -0.15) is 0 Å². The standard InChI is InChI=1S/C9H6BrFN2/c10-9-7-4-6(11)2-1-5(7)3-8(12)13-9/h1-4H,(H2,12,13). The molecule has 4 heteroatoms. The Morgan fingerprint density at radius 3 is 2.85 bits per heavy atom. The average molecular weight is 241 g/mol. The average Bonchev–Trinajstić information content (AvgIpc) is 2.06. The van der Waals surface area contributed by atoms with Crippen molar-refractivity contribution in [3.63, 3.8) is 0 Å². The van der Waals surface area contributed by atoms with Gasteiger partial charge in [0.15, 0.2) is 0 Å². The summed E-state index contributed by atoms with van der Waals surface area (Å²) in [7, 11) is 0. The summed E-state index contributed by atoms with van der Waals surface area (Å²) < 4.78 is 13.4. The van der Waals surface area contributed by atoms with Crippen molar-refractivity contribution in [2.24, 2.45) is 0 Å². The van der Waals surface area contributed by atoms with Gasteiger partial charge in [-0.05, 0) is 39.5 Å². The molecule has 0 radical (unpaired) electrons. The second-order valence-electron chi connectivity index (χ2n) is 2.70. The van der Waals surface area contributed by atoms with Gasteiger partial charge >= 0.3 is 0 Å². The molecule has 2 aromatic rings. The summed E-state index contributed by atoms with van der Waals surface area (Å²) in [6, 6.07) is 6.20. The first-order valence-corrected chi connectivity index (χ1v) is 4.47. The van der Waals surface area contributed by atoms with Gasteiger partial charge < -0.3 is 5.73 Å². The number of nitrogen functional groups attached to an aromatic ring is 1. The number of anilines is 1. The topological polar surface area (TPSA) is 38.9 Å². The smallest absolute Gasteiger partial charge is 0.125 e. The van der Waals surface area contributed by atoms with E-state index in [2.05, 4.69) is 20.9 Å². The fourth-order valence-corrected chi connectivity index (χ4v) is 1.75. The Balaban J connectivity index is 2.87. The molecular weight excluding hydrogens is 235 g/mol. The minimum atomic E-state index is -0.278. The Kier molecular flexibility index (Phi) is 1.92. The van der Waals surface area contributed by atoms with E-state index in [4.69, 9.17) is 5.73 Å². The van der Waals surface area contributed by atoms with Gasteiger partial charge in [-0.15, -0.1) is 0 Å². The van der Waals surface area contributed by atoms with E-state index < -0.39 is 0 Å². The molecule has 1 heterocycles. The van der Waals surface area contributed by atoms with E-state index >= 15 is 0 Å². The second-order valence-corrected chi connectivity index (χ2v) is 3.45. The van der Waals surface area contributed by atoms with E-state index in [1.165, 1.54) is 12.1 Å². The Bertz CT molecular complexity index is 470. The van der Waals surface area contributed by atoms with E-state index in [1.54, 1.807) is 12.1 Å². The van der Waals surface area contributed by atoms with Crippen molar-refractivity contribution >= 4 is 32.5 Å². The number of fused-ring (bicyclic) bond motifs is 1. The number of pyridine rings is 1. The molecule has 0 amide bonds. The highest BCUT2D eigenvalue weighted by Crippen LogP contribution is 2.24. The first kappa shape index (κ1) is 8.44. The molecule has 1 aromatic heterocycles. The van der Waals surface area contributed by atoms with Crippen molar-refractivity contribution in [3.8, 4) is 0 Å². The van der Waals surface area contributed by atoms with Crippen molar-refractivity contribution in [2.45, 2.75) is 0 Å². The second kappa shape index (κ2) is 2.96. The van der Waals surface area contributed by atoms with Crippen LogP contribution in [0.3, 0.4) is 0 Å². The first-order valence-electron chi connectivity index (χ1n) is 3.68. The molecule has 0 bridgehead atoms. The molecule has 2 rings (SSSR count). The minimum Gasteiger partial charge on any atom is -0.384 e. The highest BCUT2D eigenvalue weighted by molar-refractivity contribution is 9.10. The van der Waals surface area contributed by atoms with E-state index in [0.29, 0.717) is 10.4 Å². The molecule has 0 fully saturated rings. The van der Waals surface area contributed by atoms with Crippen LogP contribution < -0.4 is 5.73 Å². The Morgan fingerprint density at radius 2 is 2.08 bits per heavy atom. The minimum absolute atomic E-state index is 0.278. The maximum absolute atomic E-state index is 12.8. The molecule has 13 heavy (non-hydrogen) atoms. The van der Waals surface area contributed by atoms with Crippen LogP contribution in [0.1, 0.15) is 0 Å². The lowest BCUT2D eigenvalue weighted by Crippen LogP contribution is -1.91. The molecule has 0 atom stereocenters. The van der Waals surface area contributed by atoms with Crippen LogP contribution in [0.5, 0.6) is 0 Å². The number of rotatable bonds is 0. The largest absolute Gasteiger partial charge is 0.384 e. The Morgan fingerprint density at radius 1 is 1.31 bits per heavy atom. The van der Waals surface area contributed by atoms with Crippen molar-refractivity contribution in [2.75, 3.05) is 5.73 Å². The third-order valence-corrected chi connectivity index (χ3v) is 2.37. The van der Waals surface area contributed by atoms with Gasteiger partial charge in [0.1, 0.15) is 16.2 Å². The number of hydrogen-bond acceptors (Lipinski definition) is 2. The van der Waals surface area contributed by atoms with Crippen molar-refractivity contribution in [3.05, 3.63) is 34.7 Å². The van der Waals surface area contributed by atoms with Crippen molar-refractivity contribution in [1.29, 1.82) is 0 Å². The van der Waals surface area contributed by atoms with Crippen LogP contribution in [0.15, 0.2) is 28.9 Å². The van der Waals surface area contributed by atoms with E-state index in [0.717, 1.165) is 10.8 Å². The molecule has 2 N–H and O–H groups in total. The van der Waals surface area contributed by atoms with Crippen LogP contribution in [0.4, 0.5) is 10.2 Å². The molecule has 0 aliphatic carbocycles. The van der Waals surface area contributed by atoms with Crippen LogP contribution >= 0.6 is 15.9 Å². The molecule has 0 aliphatic heterocycles. The maximum atomic E-state index is 12.8. The van der Waals surface area contributed by atoms with Crippen LogP contribution in [0.25, 0.3) is 10.8 Å². The van der Waals surface area contributed by atoms with Gasteiger partial charge in [0.05, 0.1) is 0 Å². The Hall–Kier alpha value is -1.16. The van der Waals surface area contributed by atoms with Crippen LogP contribution in [0, 0.1) is 5.82 Å². The molecule has 0 aliphatic rings. The highest BCUT2D eigenvalue weighted by Gasteiger charge is 2.02. The lowest BCUT2D eigenvalue weighted by Gasteiger charge is -2.01. The molecule has 0 saturated carbocycles. The van der Waals surface area contributed by atoms with E-state index in [1.807, 2.05) is 0 Å². The summed E-state index contributed by atoms with van der Waals surface area (Å²) in [5.41, 5.74) is 5.53.